The molecule has 0 radical (unpaired) electrons. The molecule has 1 aromatic carbocycles. The molecule has 0 unspecified atom stereocenters. The molecule has 4 nitrogen and oxygen atoms in total. The van der Waals surface area contributed by atoms with Crippen molar-refractivity contribution >= 4 is 39.1 Å². The first-order valence-corrected chi connectivity index (χ1v) is 8.72. The van der Waals surface area contributed by atoms with Crippen LogP contribution in [0.2, 0.25) is 0 Å². The number of nitrogens with two attached hydrogens (primary N) is 1. The summed E-state index contributed by atoms with van der Waals surface area (Å²) in [5.41, 5.74) is 8.91. The number of rotatable bonds is 5. The number of nitrogen functional groups attached to an aromatic ring is 1. The Morgan fingerprint density at radius 1 is 1.09 bits per heavy atom. The summed E-state index contributed by atoms with van der Waals surface area (Å²) in [7, 11) is 0. The van der Waals surface area contributed by atoms with Gasteiger partial charge in [0.15, 0.2) is 5.82 Å². The number of imidazole rings is 1. The third-order valence-corrected chi connectivity index (χ3v) is 5.07. The lowest BCUT2D eigenvalue weighted by Gasteiger charge is -2.07. The van der Waals surface area contributed by atoms with Gasteiger partial charge in [-0.2, -0.15) is 0 Å². The molecular formula is C18H18N4S. The molecule has 5 heteroatoms. The van der Waals surface area contributed by atoms with E-state index in [2.05, 4.69) is 38.1 Å². The van der Waals surface area contributed by atoms with Gasteiger partial charge in [0.2, 0.25) is 0 Å². The number of aromatic nitrogens is 3. The van der Waals surface area contributed by atoms with Gasteiger partial charge in [-0.3, -0.25) is 0 Å². The van der Waals surface area contributed by atoms with Gasteiger partial charge in [-0.05, 0) is 36.8 Å². The van der Waals surface area contributed by atoms with Gasteiger partial charge in [-0.15, -0.1) is 11.3 Å². The largest absolute Gasteiger partial charge is 0.382 e. The van der Waals surface area contributed by atoms with Crippen LogP contribution in [0.15, 0.2) is 48.1 Å². The van der Waals surface area contributed by atoms with Gasteiger partial charge < -0.3 is 10.3 Å². The molecule has 0 saturated heterocycles. The molecule has 0 bridgehead atoms. The molecule has 4 aromatic rings. The Balaban J connectivity index is 1.60. The van der Waals surface area contributed by atoms with Crippen LogP contribution in [0.3, 0.4) is 0 Å². The van der Waals surface area contributed by atoms with Crippen LogP contribution in [0, 0.1) is 0 Å². The van der Waals surface area contributed by atoms with Crippen molar-refractivity contribution in [2.75, 3.05) is 5.73 Å². The minimum absolute atomic E-state index is 0.510. The van der Waals surface area contributed by atoms with E-state index in [0.29, 0.717) is 5.82 Å². The highest BCUT2D eigenvalue weighted by Crippen LogP contribution is 2.27. The average molecular weight is 322 g/mol. The van der Waals surface area contributed by atoms with Crippen molar-refractivity contribution in [2.24, 2.45) is 0 Å². The molecule has 0 fully saturated rings. The number of benzene rings is 1. The number of anilines is 1. The van der Waals surface area contributed by atoms with Crippen molar-refractivity contribution in [2.45, 2.75) is 25.8 Å². The van der Waals surface area contributed by atoms with Crippen molar-refractivity contribution < 1.29 is 0 Å². The van der Waals surface area contributed by atoms with E-state index < -0.39 is 0 Å². The van der Waals surface area contributed by atoms with E-state index in [4.69, 9.17) is 5.73 Å². The first kappa shape index (κ1) is 14.2. The van der Waals surface area contributed by atoms with E-state index >= 15 is 0 Å². The number of unbranched alkanes of at least 4 members (excludes halogenated alkanes) is 1. The highest BCUT2D eigenvalue weighted by molar-refractivity contribution is 7.09. The number of para-hydroxylation sites is 1. The predicted octanol–water partition coefficient (Wildman–Crippen LogP) is 4.25. The van der Waals surface area contributed by atoms with Crippen LogP contribution in [-0.2, 0) is 13.0 Å². The fourth-order valence-electron chi connectivity index (χ4n) is 3.01. The van der Waals surface area contributed by atoms with Crippen molar-refractivity contribution in [1.82, 2.24) is 14.5 Å². The van der Waals surface area contributed by atoms with Crippen LogP contribution in [0.4, 0.5) is 5.82 Å². The van der Waals surface area contributed by atoms with Gasteiger partial charge in [0.25, 0.3) is 0 Å². The van der Waals surface area contributed by atoms with Gasteiger partial charge in [0.05, 0.1) is 17.4 Å². The zero-order valence-electron chi connectivity index (χ0n) is 12.8. The summed E-state index contributed by atoms with van der Waals surface area (Å²) in [4.78, 5) is 10.4. The standard InChI is InChI=1S/C18H18N4S/c19-18-16-17(14-8-1-2-9-15(14)21-18)22(12-20-16)10-4-3-6-13-7-5-11-23-13/h1-2,5,7-9,11-12H,3-4,6,10H2,(H2,19,21). The molecule has 23 heavy (non-hydrogen) atoms. The molecule has 0 aliphatic rings. The number of thiophene rings is 1. The Morgan fingerprint density at radius 2 is 2.00 bits per heavy atom. The first-order chi connectivity index (χ1) is 11.3. The number of hydrogen-bond acceptors (Lipinski definition) is 4. The smallest absolute Gasteiger partial charge is 0.152 e. The molecule has 2 N–H and O–H groups in total. The summed E-state index contributed by atoms with van der Waals surface area (Å²) in [5, 5.41) is 3.26. The summed E-state index contributed by atoms with van der Waals surface area (Å²) >= 11 is 1.83. The number of aryl methyl sites for hydroxylation is 2. The topological polar surface area (TPSA) is 56.7 Å². The quantitative estimate of drug-likeness (QED) is 0.559. The van der Waals surface area contributed by atoms with Crippen LogP contribution in [0.1, 0.15) is 17.7 Å². The zero-order chi connectivity index (χ0) is 15.6. The fraction of sp³-hybridized carbons (Fsp3) is 0.222. The molecule has 4 rings (SSSR count). The van der Waals surface area contributed by atoms with Crippen LogP contribution >= 0.6 is 11.3 Å². The van der Waals surface area contributed by atoms with Gasteiger partial charge >= 0.3 is 0 Å². The summed E-state index contributed by atoms with van der Waals surface area (Å²) in [5.74, 6) is 0.510. The molecular weight excluding hydrogens is 304 g/mol. The van der Waals surface area contributed by atoms with Gasteiger partial charge in [0, 0.05) is 16.8 Å². The Hall–Kier alpha value is -2.40. The predicted molar refractivity (Wildman–Crippen MR) is 96.7 cm³/mol. The monoisotopic (exact) mass is 322 g/mol. The summed E-state index contributed by atoms with van der Waals surface area (Å²) in [6.45, 7) is 0.954. The Morgan fingerprint density at radius 3 is 2.87 bits per heavy atom. The highest BCUT2D eigenvalue weighted by atomic mass is 32.1. The van der Waals surface area contributed by atoms with Crippen molar-refractivity contribution in [3.05, 3.63) is 53.0 Å². The van der Waals surface area contributed by atoms with Crippen molar-refractivity contribution in [1.29, 1.82) is 0 Å². The van der Waals surface area contributed by atoms with Crippen molar-refractivity contribution in [3.63, 3.8) is 0 Å². The minimum atomic E-state index is 0.510. The molecule has 0 saturated carbocycles. The maximum Gasteiger partial charge on any atom is 0.152 e. The molecule has 0 spiro atoms. The lowest BCUT2D eigenvalue weighted by Crippen LogP contribution is -1.99. The SMILES string of the molecule is Nc1nc2ccccc2c2c1ncn2CCCCc1cccs1. The second-order valence-corrected chi connectivity index (χ2v) is 6.72. The van der Waals surface area contributed by atoms with Gasteiger partial charge in [-0.1, -0.05) is 24.3 Å². The Bertz CT molecular complexity index is 940. The normalized spacial score (nSPS) is 11.5. The van der Waals surface area contributed by atoms with Gasteiger partial charge in [-0.25, -0.2) is 9.97 Å². The maximum absolute atomic E-state index is 6.07. The van der Waals surface area contributed by atoms with Gasteiger partial charge in [0.1, 0.15) is 5.52 Å². The second-order valence-electron chi connectivity index (χ2n) is 5.69. The average Bonchev–Trinajstić information content (AvgIpc) is 3.22. The molecule has 0 aliphatic carbocycles. The lowest BCUT2D eigenvalue weighted by molar-refractivity contribution is 0.624. The molecule has 3 aromatic heterocycles. The lowest BCUT2D eigenvalue weighted by atomic mass is 10.1. The van der Waals surface area contributed by atoms with E-state index in [1.807, 2.05) is 35.9 Å². The first-order valence-electron chi connectivity index (χ1n) is 7.84. The number of nitrogens with zero attached hydrogens (tertiary/aromatic N) is 3. The molecule has 116 valence electrons. The van der Waals surface area contributed by atoms with Crippen LogP contribution < -0.4 is 5.73 Å². The van der Waals surface area contributed by atoms with Crippen LogP contribution in [-0.4, -0.2) is 14.5 Å². The fourth-order valence-corrected chi connectivity index (χ4v) is 3.76. The van der Waals surface area contributed by atoms with Crippen LogP contribution in [0.5, 0.6) is 0 Å². The summed E-state index contributed by atoms with van der Waals surface area (Å²) in [6.07, 6.45) is 5.34. The summed E-state index contributed by atoms with van der Waals surface area (Å²) in [6, 6.07) is 12.4. The third kappa shape index (κ3) is 2.68. The number of fused-ring (bicyclic) bond motifs is 3. The molecule has 3 heterocycles. The van der Waals surface area contributed by atoms with E-state index in [9.17, 15) is 0 Å². The Labute approximate surface area is 138 Å². The van der Waals surface area contributed by atoms with Crippen molar-refractivity contribution in [3.8, 4) is 0 Å². The number of pyridine rings is 1. The van der Waals surface area contributed by atoms with E-state index in [1.165, 1.54) is 11.3 Å². The van der Waals surface area contributed by atoms with Crippen LogP contribution in [0.25, 0.3) is 21.9 Å². The maximum atomic E-state index is 6.07. The third-order valence-electron chi connectivity index (χ3n) is 4.13. The zero-order valence-corrected chi connectivity index (χ0v) is 13.6. The van der Waals surface area contributed by atoms with E-state index in [-0.39, 0.29) is 0 Å². The Kier molecular flexibility index (Phi) is 3.71. The molecule has 0 atom stereocenters. The second kappa shape index (κ2) is 6.01. The van der Waals surface area contributed by atoms with E-state index in [0.717, 1.165) is 41.3 Å². The highest BCUT2D eigenvalue weighted by Gasteiger charge is 2.11. The molecule has 0 aliphatic heterocycles. The molecule has 0 amide bonds. The minimum Gasteiger partial charge on any atom is -0.382 e. The van der Waals surface area contributed by atoms with E-state index in [1.54, 1.807) is 0 Å². The number of hydrogen-bond donors (Lipinski definition) is 1. The summed E-state index contributed by atoms with van der Waals surface area (Å²) < 4.78 is 2.21.